The topological polar surface area (TPSA) is 59.9 Å². The Morgan fingerprint density at radius 3 is 2.57 bits per heavy atom. The van der Waals surface area contributed by atoms with E-state index in [0.29, 0.717) is 24.5 Å². The van der Waals surface area contributed by atoms with Crippen molar-refractivity contribution in [1.82, 2.24) is 15.0 Å². The summed E-state index contributed by atoms with van der Waals surface area (Å²) in [7, 11) is 0. The number of pyridine rings is 1. The van der Waals surface area contributed by atoms with Crippen LogP contribution in [-0.4, -0.2) is 27.9 Å². The monoisotopic (exact) mass is 430 g/mol. The van der Waals surface area contributed by atoms with Crippen molar-refractivity contribution in [3.8, 4) is 17.3 Å². The van der Waals surface area contributed by atoms with Crippen molar-refractivity contribution in [3.63, 3.8) is 0 Å². The van der Waals surface area contributed by atoms with Crippen LogP contribution in [0.5, 0.6) is 5.75 Å². The number of halogens is 3. The molecule has 3 aromatic heterocycles. The molecule has 0 spiro atoms. The summed E-state index contributed by atoms with van der Waals surface area (Å²) in [6.07, 6.45) is -1.47. The Morgan fingerprint density at radius 1 is 1.00 bits per heavy atom. The number of anilines is 1. The number of aryl methyl sites for hydroxylation is 1. The van der Waals surface area contributed by atoms with Crippen molar-refractivity contribution in [3.05, 3.63) is 65.7 Å². The highest BCUT2D eigenvalue weighted by Crippen LogP contribution is 2.28. The van der Waals surface area contributed by atoms with Gasteiger partial charge in [0.25, 0.3) is 0 Å². The van der Waals surface area contributed by atoms with Crippen molar-refractivity contribution in [2.45, 2.75) is 19.2 Å². The van der Waals surface area contributed by atoms with Crippen molar-refractivity contribution in [2.75, 3.05) is 11.9 Å². The van der Waals surface area contributed by atoms with Crippen LogP contribution in [0.1, 0.15) is 12.0 Å². The molecular formula is C21H17F3N4OS. The fourth-order valence-corrected chi connectivity index (χ4v) is 3.72. The number of benzene rings is 1. The summed E-state index contributed by atoms with van der Waals surface area (Å²) in [4.78, 5) is 14.4. The average molecular weight is 430 g/mol. The first-order chi connectivity index (χ1) is 14.5. The third-order valence-corrected chi connectivity index (χ3v) is 5.12. The van der Waals surface area contributed by atoms with E-state index in [9.17, 15) is 13.2 Å². The molecule has 9 heteroatoms. The number of nitrogens with zero attached hydrogens (tertiary/aromatic N) is 3. The fraction of sp³-hybridized carbons (Fsp3) is 0.190. The maximum Gasteiger partial charge on any atom is 0.573 e. The Kier molecular flexibility index (Phi) is 5.80. The van der Waals surface area contributed by atoms with E-state index in [4.69, 9.17) is 0 Å². The predicted molar refractivity (Wildman–Crippen MR) is 111 cm³/mol. The molecule has 0 saturated carbocycles. The Morgan fingerprint density at radius 2 is 1.83 bits per heavy atom. The fourth-order valence-electron chi connectivity index (χ4n) is 2.96. The number of fused-ring (bicyclic) bond motifs is 1. The first kappa shape index (κ1) is 20.1. The molecule has 0 fully saturated rings. The second-order valence-corrected chi connectivity index (χ2v) is 7.37. The van der Waals surface area contributed by atoms with E-state index in [-0.39, 0.29) is 5.75 Å². The molecule has 0 radical (unpaired) electrons. The van der Waals surface area contributed by atoms with E-state index in [1.807, 2.05) is 29.6 Å². The molecule has 4 rings (SSSR count). The lowest BCUT2D eigenvalue weighted by Crippen LogP contribution is -2.17. The van der Waals surface area contributed by atoms with Gasteiger partial charge in [-0.1, -0.05) is 18.2 Å². The third-order valence-electron chi connectivity index (χ3n) is 4.31. The molecule has 154 valence electrons. The molecule has 0 unspecified atom stereocenters. The number of alkyl halides is 3. The molecule has 0 atom stereocenters. The summed E-state index contributed by atoms with van der Waals surface area (Å²) in [5.74, 6) is 1.09. The minimum absolute atomic E-state index is 0.215. The van der Waals surface area contributed by atoms with Crippen molar-refractivity contribution in [2.24, 2.45) is 0 Å². The molecule has 1 aromatic carbocycles. The molecule has 3 heterocycles. The van der Waals surface area contributed by atoms with Gasteiger partial charge >= 0.3 is 6.36 Å². The van der Waals surface area contributed by atoms with Gasteiger partial charge in [-0.05, 0) is 54.1 Å². The molecule has 0 aliphatic rings. The Hall–Kier alpha value is -3.20. The van der Waals surface area contributed by atoms with Gasteiger partial charge in [0.2, 0.25) is 0 Å². The molecule has 0 amide bonds. The second-order valence-electron chi connectivity index (χ2n) is 6.47. The lowest BCUT2D eigenvalue weighted by Gasteiger charge is -2.10. The molecule has 0 bridgehead atoms. The quantitative estimate of drug-likeness (QED) is 0.381. The molecular weight excluding hydrogens is 413 g/mol. The van der Waals surface area contributed by atoms with Gasteiger partial charge in [0.05, 0.1) is 5.39 Å². The third kappa shape index (κ3) is 5.04. The van der Waals surface area contributed by atoms with Crippen LogP contribution in [0.15, 0.2) is 60.1 Å². The van der Waals surface area contributed by atoms with E-state index in [1.165, 1.54) is 12.1 Å². The molecule has 5 nitrogen and oxygen atoms in total. The highest BCUT2D eigenvalue weighted by molar-refractivity contribution is 7.16. The van der Waals surface area contributed by atoms with Gasteiger partial charge in [0.1, 0.15) is 22.1 Å². The highest BCUT2D eigenvalue weighted by atomic mass is 32.1. The lowest BCUT2D eigenvalue weighted by molar-refractivity contribution is -0.274. The summed E-state index contributed by atoms with van der Waals surface area (Å²) in [6, 6.07) is 13.5. The van der Waals surface area contributed by atoms with Crippen LogP contribution in [0.2, 0.25) is 0 Å². The smallest absolute Gasteiger partial charge is 0.406 e. The van der Waals surface area contributed by atoms with Crippen LogP contribution >= 0.6 is 11.3 Å². The van der Waals surface area contributed by atoms with Gasteiger partial charge in [-0.2, -0.15) is 0 Å². The maximum absolute atomic E-state index is 12.2. The van der Waals surface area contributed by atoms with Gasteiger partial charge in [-0.25, -0.2) is 9.97 Å². The van der Waals surface area contributed by atoms with Gasteiger partial charge in [0, 0.05) is 12.7 Å². The Balaban J connectivity index is 1.39. The number of ether oxygens (including phenoxy) is 1. The van der Waals surface area contributed by atoms with Crippen molar-refractivity contribution < 1.29 is 17.9 Å². The van der Waals surface area contributed by atoms with Gasteiger partial charge in [-0.3, -0.25) is 4.98 Å². The van der Waals surface area contributed by atoms with Gasteiger partial charge in [0.15, 0.2) is 5.82 Å². The van der Waals surface area contributed by atoms with Crippen LogP contribution in [0.3, 0.4) is 0 Å². The van der Waals surface area contributed by atoms with Crippen LogP contribution in [0, 0.1) is 0 Å². The standard InChI is InChI=1S/C21H17F3N4OS/c22-21(23,24)29-15-8-6-14(7-9-15)4-3-12-26-18-16-10-13-30-20(16)28-19(27-18)17-5-1-2-11-25-17/h1-2,5-11,13H,3-4,12H2,(H,26,27,28). The Labute approximate surface area is 174 Å². The molecule has 0 aliphatic carbocycles. The number of hydrogen-bond donors (Lipinski definition) is 1. The predicted octanol–water partition coefficient (Wildman–Crippen LogP) is 5.70. The number of thiophene rings is 1. The van der Waals surface area contributed by atoms with Crippen LogP contribution in [0.4, 0.5) is 19.0 Å². The minimum atomic E-state index is -4.68. The zero-order valence-electron chi connectivity index (χ0n) is 15.7. The van der Waals surface area contributed by atoms with E-state index >= 15 is 0 Å². The minimum Gasteiger partial charge on any atom is -0.406 e. The van der Waals surface area contributed by atoms with E-state index < -0.39 is 6.36 Å². The zero-order chi connectivity index (χ0) is 21.0. The Bertz CT molecular complexity index is 1110. The summed E-state index contributed by atoms with van der Waals surface area (Å²) in [5.41, 5.74) is 1.64. The number of aromatic nitrogens is 3. The first-order valence-electron chi connectivity index (χ1n) is 9.23. The number of hydrogen-bond acceptors (Lipinski definition) is 6. The normalized spacial score (nSPS) is 11.6. The van der Waals surface area contributed by atoms with Gasteiger partial charge in [-0.15, -0.1) is 24.5 Å². The molecule has 0 saturated heterocycles. The van der Waals surface area contributed by atoms with Crippen LogP contribution in [0.25, 0.3) is 21.7 Å². The molecule has 1 N–H and O–H groups in total. The van der Waals surface area contributed by atoms with Crippen molar-refractivity contribution >= 4 is 27.4 Å². The molecule has 0 aliphatic heterocycles. The van der Waals surface area contributed by atoms with Crippen LogP contribution in [-0.2, 0) is 6.42 Å². The summed E-state index contributed by atoms with van der Waals surface area (Å²) in [5, 5.41) is 6.27. The largest absolute Gasteiger partial charge is 0.573 e. The maximum atomic E-state index is 12.2. The summed E-state index contributed by atoms with van der Waals surface area (Å²) in [6.45, 7) is 0.657. The van der Waals surface area contributed by atoms with Crippen LogP contribution < -0.4 is 10.1 Å². The van der Waals surface area contributed by atoms with E-state index in [2.05, 4.69) is 25.0 Å². The summed E-state index contributed by atoms with van der Waals surface area (Å²) >= 11 is 1.54. The van der Waals surface area contributed by atoms with Gasteiger partial charge < -0.3 is 10.1 Å². The first-order valence-corrected chi connectivity index (χ1v) is 10.1. The SMILES string of the molecule is FC(F)(F)Oc1ccc(CCCNc2nc(-c3ccccn3)nc3sccc23)cc1. The average Bonchev–Trinajstić information content (AvgIpc) is 3.21. The number of rotatable bonds is 7. The second kappa shape index (κ2) is 8.66. The highest BCUT2D eigenvalue weighted by Gasteiger charge is 2.30. The zero-order valence-corrected chi connectivity index (χ0v) is 16.5. The van der Waals surface area contributed by atoms with E-state index in [1.54, 1.807) is 29.7 Å². The van der Waals surface area contributed by atoms with E-state index in [0.717, 1.165) is 28.0 Å². The molecule has 30 heavy (non-hydrogen) atoms. The number of nitrogens with one attached hydrogen (secondary N) is 1. The molecule has 4 aromatic rings. The lowest BCUT2D eigenvalue weighted by atomic mass is 10.1. The van der Waals surface area contributed by atoms with Crippen molar-refractivity contribution in [1.29, 1.82) is 0 Å². The summed E-state index contributed by atoms with van der Waals surface area (Å²) < 4.78 is 40.6.